The van der Waals surface area contributed by atoms with Crippen LogP contribution in [0.4, 0.5) is 5.13 Å². The van der Waals surface area contributed by atoms with Gasteiger partial charge in [0, 0.05) is 12.8 Å². The Kier molecular flexibility index (Phi) is 8.31. The Morgan fingerprint density at radius 1 is 1.29 bits per heavy atom. The summed E-state index contributed by atoms with van der Waals surface area (Å²) in [5.41, 5.74) is 6.64. The van der Waals surface area contributed by atoms with Gasteiger partial charge in [-0.05, 0) is 12.0 Å². The molecule has 0 aliphatic rings. The lowest BCUT2D eigenvalue weighted by atomic mass is 10.1. The number of methoxy groups -OCH3 is 1. The van der Waals surface area contributed by atoms with E-state index in [9.17, 15) is 9.59 Å². The van der Waals surface area contributed by atoms with E-state index in [1.54, 1.807) is 12.1 Å². The van der Waals surface area contributed by atoms with E-state index in [2.05, 4.69) is 20.3 Å². The normalized spacial score (nSPS) is 11.2. The molecule has 0 saturated carbocycles. The van der Waals surface area contributed by atoms with Crippen LogP contribution in [-0.2, 0) is 20.7 Å². The predicted molar refractivity (Wildman–Crippen MR) is 94.1 cm³/mol. The van der Waals surface area contributed by atoms with Crippen molar-refractivity contribution < 1.29 is 14.3 Å². The largest absolute Gasteiger partial charge is 0.469 e. The van der Waals surface area contributed by atoms with Crippen LogP contribution >= 0.6 is 23.7 Å². The summed E-state index contributed by atoms with van der Waals surface area (Å²) < 4.78 is 4.57. The van der Waals surface area contributed by atoms with Gasteiger partial charge in [-0.25, -0.2) is 0 Å². The minimum Gasteiger partial charge on any atom is -0.469 e. The highest BCUT2D eigenvalue weighted by molar-refractivity contribution is 7.15. The average Bonchev–Trinajstić information content (AvgIpc) is 3.02. The first-order valence-corrected chi connectivity index (χ1v) is 7.92. The number of esters is 1. The number of nitrogens with one attached hydrogen (secondary N) is 1. The van der Waals surface area contributed by atoms with Crippen molar-refractivity contribution in [2.45, 2.75) is 25.3 Å². The van der Waals surface area contributed by atoms with Gasteiger partial charge in [0.1, 0.15) is 11.0 Å². The minimum absolute atomic E-state index is 0. The Hall–Kier alpha value is -2.03. The van der Waals surface area contributed by atoms with Crippen LogP contribution in [0, 0.1) is 0 Å². The molecule has 7 nitrogen and oxygen atoms in total. The number of hydrogen-bond acceptors (Lipinski definition) is 7. The molecule has 3 N–H and O–H groups in total. The number of nitrogens with two attached hydrogens (primary N) is 1. The Balaban J connectivity index is 0.00000288. The number of anilines is 1. The minimum atomic E-state index is -0.761. The van der Waals surface area contributed by atoms with E-state index in [1.807, 2.05) is 18.2 Å². The fourth-order valence-electron chi connectivity index (χ4n) is 1.89. The zero-order valence-electron chi connectivity index (χ0n) is 13.1. The van der Waals surface area contributed by atoms with E-state index in [0.717, 1.165) is 10.6 Å². The topological polar surface area (TPSA) is 107 Å². The third kappa shape index (κ3) is 5.88. The van der Waals surface area contributed by atoms with Crippen molar-refractivity contribution in [2.24, 2.45) is 5.73 Å². The number of ether oxygens (including phenoxy) is 1. The molecule has 0 aliphatic heterocycles. The maximum absolute atomic E-state index is 12.1. The molecule has 1 amide bonds. The first-order valence-electron chi connectivity index (χ1n) is 7.10. The highest BCUT2D eigenvalue weighted by Crippen LogP contribution is 2.19. The number of aromatic nitrogens is 2. The molecule has 1 atom stereocenters. The van der Waals surface area contributed by atoms with E-state index in [-0.39, 0.29) is 24.3 Å². The van der Waals surface area contributed by atoms with Gasteiger partial charge in [-0.2, -0.15) is 0 Å². The number of carbonyl (C=O) groups excluding carboxylic acids is 2. The van der Waals surface area contributed by atoms with Crippen LogP contribution in [-0.4, -0.2) is 29.2 Å². The van der Waals surface area contributed by atoms with Crippen LogP contribution in [0.15, 0.2) is 30.3 Å². The molecule has 1 heterocycles. The molecule has 0 radical (unpaired) electrons. The van der Waals surface area contributed by atoms with Crippen molar-refractivity contribution in [1.82, 2.24) is 10.2 Å². The fourth-order valence-corrected chi connectivity index (χ4v) is 2.67. The van der Waals surface area contributed by atoms with E-state index in [0.29, 0.717) is 24.4 Å². The highest BCUT2D eigenvalue weighted by Gasteiger charge is 2.17. The molecule has 2 rings (SSSR count). The van der Waals surface area contributed by atoms with Crippen LogP contribution < -0.4 is 11.1 Å². The van der Waals surface area contributed by atoms with E-state index in [4.69, 9.17) is 5.73 Å². The van der Waals surface area contributed by atoms with Crippen molar-refractivity contribution in [3.05, 3.63) is 40.9 Å². The Morgan fingerprint density at radius 2 is 2.00 bits per heavy atom. The maximum Gasteiger partial charge on any atom is 0.305 e. The Labute approximate surface area is 150 Å². The van der Waals surface area contributed by atoms with Gasteiger partial charge in [-0.1, -0.05) is 41.7 Å². The highest BCUT2D eigenvalue weighted by atomic mass is 35.5. The van der Waals surface area contributed by atoms with Crippen molar-refractivity contribution in [3.63, 3.8) is 0 Å². The SMILES string of the molecule is COC(=O)CCCc1nnc(NC(=O)C(N)c2ccccc2)s1.Cl. The summed E-state index contributed by atoms with van der Waals surface area (Å²) in [5, 5.41) is 11.7. The van der Waals surface area contributed by atoms with Gasteiger partial charge in [0.2, 0.25) is 11.0 Å². The number of hydrogen-bond donors (Lipinski definition) is 2. The van der Waals surface area contributed by atoms with Crippen molar-refractivity contribution >= 4 is 40.8 Å². The molecule has 0 saturated heterocycles. The van der Waals surface area contributed by atoms with E-state index >= 15 is 0 Å². The number of benzene rings is 1. The summed E-state index contributed by atoms with van der Waals surface area (Å²) in [4.78, 5) is 23.1. The first kappa shape index (κ1) is 20.0. The van der Waals surface area contributed by atoms with E-state index < -0.39 is 6.04 Å². The van der Waals surface area contributed by atoms with Crippen molar-refractivity contribution in [1.29, 1.82) is 0 Å². The summed E-state index contributed by atoms with van der Waals surface area (Å²) in [7, 11) is 1.36. The Morgan fingerprint density at radius 3 is 2.67 bits per heavy atom. The molecule has 0 aliphatic carbocycles. The summed E-state index contributed by atoms with van der Waals surface area (Å²) in [6.45, 7) is 0. The fraction of sp³-hybridized carbons (Fsp3) is 0.333. The number of amides is 1. The van der Waals surface area contributed by atoms with Gasteiger partial charge in [0.15, 0.2) is 0 Å². The lowest BCUT2D eigenvalue weighted by molar-refractivity contribution is -0.140. The molecule has 0 fully saturated rings. The first-order chi connectivity index (χ1) is 11.1. The monoisotopic (exact) mass is 370 g/mol. The Bertz CT molecular complexity index is 666. The number of rotatable bonds is 7. The number of carbonyl (C=O) groups is 2. The van der Waals surface area contributed by atoms with Crippen molar-refractivity contribution in [2.75, 3.05) is 12.4 Å². The van der Waals surface area contributed by atoms with Crippen LogP contribution in [0.2, 0.25) is 0 Å². The maximum atomic E-state index is 12.1. The van der Waals surface area contributed by atoms with Gasteiger partial charge in [-0.3, -0.25) is 14.9 Å². The average molecular weight is 371 g/mol. The molecule has 0 spiro atoms. The van der Waals surface area contributed by atoms with Crippen LogP contribution in [0.5, 0.6) is 0 Å². The quantitative estimate of drug-likeness (QED) is 0.722. The molecular weight excluding hydrogens is 352 g/mol. The molecule has 24 heavy (non-hydrogen) atoms. The molecule has 130 valence electrons. The molecule has 1 aromatic carbocycles. The lowest BCUT2D eigenvalue weighted by Gasteiger charge is -2.10. The molecule has 9 heteroatoms. The van der Waals surface area contributed by atoms with Gasteiger partial charge >= 0.3 is 5.97 Å². The molecule has 1 aromatic heterocycles. The van der Waals surface area contributed by atoms with Crippen molar-refractivity contribution in [3.8, 4) is 0 Å². The second kappa shape index (κ2) is 9.96. The zero-order valence-corrected chi connectivity index (χ0v) is 14.7. The van der Waals surface area contributed by atoms with Crippen LogP contribution in [0.3, 0.4) is 0 Å². The second-order valence-corrected chi connectivity index (χ2v) is 5.87. The summed E-state index contributed by atoms with van der Waals surface area (Å²) in [6, 6.07) is 8.34. The summed E-state index contributed by atoms with van der Waals surface area (Å²) in [5.74, 6) is -0.592. The van der Waals surface area contributed by atoms with Crippen LogP contribution in [0.1, 0.15) is 29.5 Å². The smallest absolute Gasteiger partial charge is 0.305 e. The van der Waals surface area contributed by atoms with Gasteiger partial charge in [0.25, 0.3) is 0 Å². The standard InChI is InChI=1S/C15H18N4O3S.ClH/c1-22-12(20)9-5-8-11-18-19-15(23-11)17-14(21)13(16)10-6-3-2-4-7-10;/h2-4,6-7,13H,5,8-9,16H2,1H3,(H,17,19,21);1H. The summed E-state index contributed by atoms with van der Waals surface area (Å²) >= 11 is 1.27. The molecule has 1 unspecified atom stereocenters. The zero-order chi connectivity index (χ0) is 16.7. The third-order valence-electron chi connectivity index (χ3n) is 3.14. The lowest BCUT2D eigenvalue weighted by Crippen LogP contribution is -2.27. The number of aryl methyl sites for hydroxylation is 1. The van der Waals surface area contributed by atoms with Gasteiger partial charge in [0.05, 0.1) is 7.11 Å². The molecular formula is C15H19ClN4O3S. The second-order valence-electron chi connectivity index (χ2n) is 4.81. The van der Waals surface area contributed by atoms with E-state index in [1.165, 1.54) is 18.4 Å². The predicted octanol–water partition coefficient (Wildman–Crippen LogP) is 2.09. The summed E-state index contributed by atoms with van der Waals surface area (Å²) in [6.07, 6.45) is 1.56. The molecule has 2 aromatic rings. The van der Waals surface area contributed by atoms with Gasteiger partial charge < -0.3 is 10.5 Å². The van der Waals surface area contributed by atoms with Gasteiger partial charge in [-0.15, -0.1) is 22.6 Å². The third-order valence-corrected chi connectivity index (χ3v) is 4.04. The number of nitrogens with zero attached hydrogens (tertiary/aromatic N) is 2. The number of halogens is 1. The molecule has 0 bridgehead atoms. The van der Waals surface area contributed by atoms with Crippen LogP contribution in [0.25, 0.3) is 0 Å².